The Balaban J connectivity index is 0.000000191. The van der Waals surface area contributed by atoms with Gasteiger partial charge >= 0.3 is 12.1 Å². The molecule has 6 aliphatic rings. The van der Waals surface area contributed by atoms with Crippen molar-refractivity contribution in [2.45, 2.75) is 112 Å². The minimum atomic E-state index is -0.0514. The molecule has 2 heterocycles. The lowest BCUT2D eigenvalue weighted by Gasteiger charge is -2.51. The topological polar surface area (TPSA) is 90.1 Å². The van der Waals surface area contributed by atoms with Crippen molar-refractivity contribution in [1.82, 2.24) is 29.8 Å². The smallest absolute Gasteiger partial charge is 0.320 e. The number of carbonyl (C=O) groups is 2. The van der Waals surface area contributed by atoms with Crippen LogP contribution in [0.15, 0.2) is 60.7 Å². The maximum absolute atomic E-state index is 13.6. The van der Waals surface area contributed by atoms with Crippen molar-refractivity contribution in [3.8, 4) is 0 Å². The molecular weight excluding hydrogens is 753 g/mol. The number of ether oxygens (including phenoxy) is 3. The normalized spacial score (nSPS) is 29.6. The van der Waals surface area contributed by atoms with E-state index in [9.17, 15) is 9.59 Å². The van der Waals surface area contributed by atoms with Gasteiger partial charge in [0.05, 0.1) is 44.1 Å². The van der Waals surface area contributed by atoms with Gasteiger partial charge in [-0.3, -0.25) is 9.80 Å². The number of hydrogen-bond acceptors (Lipinski definition) is 7. The van der Waals surface area contributed by atoms with Gasteiger partial charge < -0.3 is 34.2 Å². The number of amides is 4. The molecule has 2 spiro atoms. The summed E-state index contributed by atoms with van der Waals surface area (Å²) < 4.78 is 16.2. The van der Waals surface area contributed by atoms with E-state index in [1.54, 1.807) is 7.11 Å². The van der Waals surface area contributed by atoms with Gasteiger partial charge in [0.2, 0.25) is 0 Å². The van der Waals surface area contributed by atoms with Gasteiger partial charge in [-0.2, -0.15) is 0 Å². The molecule has 2 aromatic rings. The zero-order valence-electron chi connectivity index (χ0n) is 37.7. The van der Waals surface area contributed by atoms with Gasteiger partial charge in [0, 0.05) is 50.9 Å². The molecule has 0 radical (unpaired) electrons. The number of nitrogens with zero attached hydrogens (tertiary/aromatic N) is 5. The van der Waals surface area contributed by atoms with Crippen molar-refractivity contribution >= 4 is 12.1 Å². The van der Waals surface area contributed by atoms with Crippen molar-refractivity contribution in [1.29, 1.82) is 0 Å². The first-order valence-corrected chi connectivity index (χ1v) is 23.3. The summed E-state index contributed by atoms with van der Waals surface area (Å²) >= 11 is 0. The third-order valence-electron chi connectivity index (χ3n) is 15.9. The summed E-state index contributed by atoms with van der Waals surface area (Å²) in [6.07, 6.45) is 16.4. The van der Waals surface area contributed by atoms with E-state index in [2.05, 4.69) is 119 Å². The number of hydrogen-bond donors (Lipinski definition) is 1. The van der Waals surface area contributed by atoms with Crippen LogP contribution >= 0.6 is 0 Å². The minimum absolute atomic E-state index is 0.0387. The highest BCUT2D eigenvalue weighted by atomic mass is 16.5. The molecule has 11 heteroatoms. The number of urea groups is 2. The molecule has 2 aromatic carbocycles. The molecule has 0 unspecified atom stereocenters. The number of methoxy groups -OCH3 is 1. The number of nitrogens with one attached hydrogen (secondary N) is 1. The summed E-state index contributed by atoms with van der Waals surface area (Å²) in [5.74, 6) is 1.40. The van der Waals surface area contributed by atoms with E-state index in [0.717, 1.165) is 83.5 Å². The van der Waals surface area contributed by atoms with Crippen LogP contribution < -0.4 is 5.32 Å². The van der Waals surface area contributed by atoms with E-state index in [-0.39, 0.29) is 34.2 Å². The van der Waals surface area contributed by atoms with Gasteiger partial charge in [-0.1, -0.05) is 73.5 Å². The second-order valence-electron chi connectivity index (χ2n) is 19.4. The second kappa shape index (κ2) is 19.9. The quantitative estimate of drug-likeness (QED) is 0.165. The van der Waals surface area contributed by atoms with Gasteiger partial charge in [0.1, 0.15) is 0 Å². The van der Waals surface area contributed by atoms with E-state index >= 15 is 0 Å². The van der Waals surface area contributed by atoms with E-state index in [1.807, 2.05) is 0 Å². The van der Waals surface area contributed by atoms with Crippen LogP contribution in [0.4, 0.5) is 9.59 Å². The lowest BCUT2D eigenvalue weighted by molar-refractivity contribution is 0.0140. The Labute approximate surface area is 361 Å². The van der Waals surface area contributed by atoms with Gasteiger partial charge in [-0.05, 0) is 128 Å². The van der Waals surface area contributed by atoms with E-state index in [0.29, 0.717) is 45.5 Å². The Morgan fingerprint density at radius 3 is 1.55 bits per heavy atom. The highest BCUT2D eigenvalue weighted by Crippen LogP contribution is 2.50. The zero-order valence-corrected chi connectivity index (χ0v) is 37.7. The first kappa shape index (κ1) is 44.8. The fourth-order valence-electron chi connectivity index (χ4n) is 11.4. The summed E-state index contributed by atoms with van der Waals surface area (Å²) in [5.41, 5.74) is 2.94. The van der Waals surface area contributed by atoms with E-state index < -0.39 is 0 Å². The fourth-order valence-corrected chi connectivity index (χ4v) is 11.4. The molecule has 0 atom stereocenters. The van der Waals surface area contributed by atoms with E-state index in [1.165, 1.54) is 49.7 Å². The molecule has 2 saturated heterocycles. The van der Waals surface area contributed by atoms with Crippen LogP contribution in [-0.4, -0.2) is 149 Å². The van der Waals surface area contributed by atoms with Gasteiger partial charge in [-0.15, -0.1) is 0 Å². The molecule has 0 bridgehead atoms. The van der Waals surface area contributed by atoms with Crippen molar-refractivity contribution in [3.63, 3.8) is 0 Å². The SMILES string of the molecule is CN(C)C1(c2ccccc2)CCC2(CC1)CNC(=O)N2CC1CCC1.COCCOCCOCCN1CC2(CCC(c3ccccc3)(N(C)C)CC2)N(CC2CCC2)C1=O. The number of rotatable bonds is 17. The summed E-state index contributed by atoms with van der Waals surface area (Å²) in [6.45, 7) is 7.03. The van der Waals surface area contributed by atoms with Crippen LogP contribution in [-0.2, 0) is 25.3 Å². The average molecular weight is 829 g/mol. The highest BCUT2D eigenvalue weighted by molar-refractivity contribution is 5.79. The Bertz CT molecular complexity index is 1650. The summed E-state index contributed by atoms with van der Waals surface area (Å²) in [4.78, 5) is 37.4. The molecule has 1 N–H and O–H groups in total. The predicted octanol–water partition coefficient (Wildman–Crippen LogP) is 7.56. The van der Waals surface area contributed by atoms with Crippen LogP contribution in [0.2, 0.25) is 0 Å². The van der Waals surface area contributed by atoms with Gasteiger partial charge in [0.15, 0.2) is 0 Å². The summed E-state index contributed by atoms with van der Waals surface area (Å²) in [5, 5.41) is 3.15. The maximum Gasteiger partial charge on any atom is 0.320 e. The Morgan fingerprint density at radius 2 is 1.08 bits per heavy atom. The Hall–Kier alpha value is -3.22. The summed E-state index contributed by atoms with van der Waals surface area (Å²) in [7, 11) is 10.5. The first-order valence-electron chi connectivity index (χ1n) is 23.3. The molecule has 2 aliphatic heterocycles. The van der Waals surface area contributed by atoms with Crippen molar-refractivity contribution in [2.75, 3.05) is 101 Å². The Kier molecular flexibility index (Phi) is 14.8. The van der Waals surface area contributed by atoms with Crippen LogP contribution in [0.25, 0.3) is 0 Å². The van der Waals surface area contributed by atoms with Crippen LogP contribution in [0.5, 0.6) is 0 Å². The molecule has 60 heavy (non-hydrogen) atoms. The lowest BCUT2D eigenvalue weighted by atomic mass is 9.68. The van der Waals surface area contributed by atoms with Crippen LogP contribution in [0, 0.1) is 11.8 Å². The zero-order chi connectivity index (χ0) is 42.2. The standard InChI is InChI=1S/C28H45N3O4.C21H31N3O/c1-29(2)28(25-10-5-4-6-11-25)14-12-27(13-15-28)23-30(16-17-34-20-21-35-19-18-33-3)26(32)31(27)22-24-8-7-9-24;1-23(2)21(18-9-4-3-5-10-18)13-11-20(12-14-21)16-22-19(25)24(20)15-17-7-6-8-17/h4-6,10-11,24H,7-9,12-23H2,1-3H3;3-5,9-10,17H,6-8,11-16H2,1-2H3,(H,22,25). The molecule has 6 fully saturated rings. The summed E-state index contributed by atoms with van der Waals surface area (Å²) in [6, 6.07) is 22.2. The molecule has 11 nitrogen and oxygen atoms in total. The largest absolute Gasteiger partial charge is 0.382 e. The van der Waals surface area contributed by atoms with E-state index in [4.69, 9.17) is 14.2 Å². The monoisotopic (exact) mass is 829 g/mol. The highest BCUT2D eigenvalue weighted by Gasteiger charge is 2.55. The van der Waals surface area contributed by atoms with Crippen LogP contribution in [0.3, 0.4) is 0 Å². The van der Waals surface area contributed by atoms with Crippen molar-refractivity contribution in [2.24, 2.45) is 11.8 Å². The lowest BCUT2D eigenvalue weighted by Crippen LogP contribution is -2.56. The second-order valence-corrected chi connectivity index (χ2v) is 19.4. The maximum atomic E-state index is 13.6. The molecular formula is C49H76N6O5. The average Bonchev–Trinajstić information content (AvgIpc) is 3.67. The third-order valence-corrected chi connectivity index (χ3v) is 15.9. The van der Waals surface area contributed by atoms with Gasteiger partial charge in [-0.25, -0.2) is 9.59 Å². The Morgan fingerprint density at radius 1 is 0.617 bits per heavy atom. The van der Waals surface area contributed by atoms with Crippen LogP contribution in [0.1, 0.15) is 101 Å². The molecule has 8 rings (SSSR count). The minimum Gasteiger partial charge on any atom is -0.382 e. The predicted molar refractivity (Wildman–Crippen MR) is 238 cm³/mol. The van der Waals surface area contributed by atoms with Crippen molar-refractivity contribution < 1.29 is 23.8 Å². The number of carbonyl (C=O) groups excluding carboxylic acids is 2. The first-order chi connectivity index (χ1) is 29.1. The number of benzene rings is 2. The molecule has 4 aliphatic carbocycles. The fraction of sp³-hybridized carbons (Fsp3) is 0.714. The van der Waals surface area contributed by atoms with Gasteiger partial charge in [0.25, 0.3) is 0 Å². The van der Waals surface area contributed by atoms with Crippen molar-refractivity contribution in [3.05, 3.63) is 71.8 Å². The molecule has 4 amide bonds. The molecule has 0 aromatic heterocycles. The molecule has 4 saturated carbocycles. The molecule has 332 valence electrons. The third kappa shape index (κ3) is 9.41.